The molecule has 0 spiro atoms. The Balaban J connectivity index is 2.52. The zero-order valence-electron chi connectivity index (χ0n) is 11.2. The van der Waals surface area contributed by atoms with Gasteiger partial charge in [0.25, 0.3) is 5.56 Å². The van der Waals surface area contributed by atoms with Gasteiger partial charge in [-0.25, -0.2) is 4.98 Å². The summed E-state index contributed by atoms with van der Waals surface area (Å²) < 4.78 is 5.11. The van der Waals surface area contributed by atoms with E-state index in [2.05, 4.69) is 9.97 Å². The average Bonchev–Trinajstić information content (AvgIpc) is 2.37. The van der Waals surface area contributed by atoms with Crippen molar-refractivity contribution in [3.05, 3.63) is 40.4 Å². The van der Waals surface area contributed by atoms with Gasteiger partial charge in [-0.05, 0) is 18.2 Å². The fourth-order valence-electron chi connectivity index (χ4n) is 1.79. The van der Waals surface area contributed by atoms with Crippen LogP contribution in [0.2, 0.25) is 0 Å². The normalized spacial score (nSPS) is 10.7. The van der Waals surface area contributed by atoms with E-state index in [1.807, 2.05) is 19.9 Å². The number of methoxy groups -OCH3 is 1. The Kier molecular flexibility index (Phi) is 3.55. The van der Waals surface area contributed by atoms with Gasteiger partial charge in [-0.3, -0.25) is 4.79 Å². The Morgan fingerprint density at radius 1 is 1.32 bits per heavy atom. The summed E-state index contributed by atoms with van der Waals surface area (Å²) in [6, 6.07) is 6.82. The fourth-order valence-corrected chi connectivity index (χ4v) is 1.79. The highest BCUT2D eigenvalue weighted by molar-refractivity contribution is 5.68. The first-order chi connectivity index (χ1) is 9.01. The van der Waals surface area contributed by atoms with E-state index in [4.69, 9.17) is 10.5 Å². The van der Waals surface area contributed by atoms with Crippen LogP contribution in [0.3, 0.4) is 0 Å². The van der Waals surface area contributed by atoms with Crippen LogP contribution in [-0.2, 0) is 0 Å². The Labute approximate surface area is 111 Å². The molecule has 0 aliphatic heterocycles. The van der Waals surface area contributed by atoms with Crippen molar-refractivity contribution in [1.29, 1.82) is 0 Å². The molecule has 0 aliphatic carbocycles. The number of nitrogens with two attached hydrogens (primary N) is 1. The summed E-state index contributed by atoms with van der Waals surface area (Å²) in [5.74, 6) is 1.43. The van der Waals surface area contributed by atoms with Crippen LogP contribution in [0.5, 0.6) is 5.75 Å². The Morgan fingerprint density at radius 3 is 2.63 bits per heavy atom. The predicted octanol–water partition coefficient (Wildman–Crippen LogP) is 2.15. The number of nitrogen functional groups attached to an aromatic ring is 1. The van der Waals surface area contributed by atoms with Gasteiger partial charge in [0.05, 0.1) is 18.5 Å². The quantitative estimate of drug-likeness (QED) is 0.827. The number of aromatic nitrogens is 2. The molecule has 0 amide bonds. The van der Waals surface area contributed by atoms with E-state index in [0.717, 1.165) is 5.56 Å². The maximum absolute atomic E-state index is 11.6. The Hall–Kier alpha value is -2.30. The van der Waals surface area contributed by atoms with Gasteiger partial charge in [-0.15, -0.1) is 0 Å². The summed E-state index contributed by atoms with van der Waals surface area (Å²) in [4.78, 5) is 18.8. The molecule has 1 aromatic heterocycles. The van der Waals surface area contributed by atoms with Crippen molar-refractivity contribution < 1.29 is 4.74 Å². The van der Waals surface area contributed by atoms with Crippen LogP contribution in [0.4, 0.5) is 5.69 Å². The molecule has 0 radical (unpaired) electrons. The molecule has 0 unspecified atom stereocenters. The van der Waals surface area contributed by atoms with E-state index < -0.39 is 0 Å². The monoisotopic (exact) mass is 259 g/mol. The lowest BCUT2D eigenvalue weighted by Crippen LogP contribution is -2.12. The van der Waals surface area contributed by atoms with Gasteiger partial charge in [0.2, 0.25) is 0 Å². The number of nitrogens with zero attached hydrogens (tertiary/aromatic N) is 1. The molecule has 5 nitrogen and oxygen atoms in total. The summed E-state index contributed by atoms with van der Waals surface area (Å²) in [7, 11) is 1.56. The third kappa shape index (κ3) is 2.76. The number of rotatable bonds is 3. The molecule has 0 saturated carbocycles. The van der Waals surface area contributed by atoms with E-state index in [-0.39, 0.29) is 11.5 Å². The second-order valence-corrected chi connectivity index (χ2v) is 4.63. The molecule has 0 bridgehead atoms. The van der Waals surface area contributed by atoms with E-state index in [9.17, 15) is 4.79 Å². The summed E-state index contributed by atoms with van der Waals surface area (Å²) in [6.07, 6.45) is 0. The molecule has 5 heteroatoms. The minimum absolute atomic E-state index is 0.156. The number of nitrogens with one attached hydrogen (secondary N) is 1. The van der Waals surface area contributed by atoms with Gasteiger partial charge in [0, 0.05) is 17.5 Å². The van der Waals surface area contributed by atoms with Crippen molar-refractivity contribution in [2.75, 3.05) is 12.8 Å². The highest BCUT2D eigenvalue weighted by atomic mass is 16.5. The molecule has 0 fully saturated rings. The summed E-state index contributed by atoms with van der Waals surface area (Å²) in [5.41, 5.74) is 7.63. The molecule has 0 saturated heterocycles. The van der Waals surface area contributed by atoms with Crippen LogP contribution in [-0.4, -0.2) is 17.1 Å². The van der Waals surface area contributed by atoms with Crippen molar-refractivity contribution >= 4 is 5.69 Å². The molecule has 100 valence electrons. The van der Waals surface area contributed by atoms with Gasteiger partial charge < -0.3 is 15.5 Å². The first-order valence-electron chi connectivity index (χ1n) is 6.06. The van der Waals surface area contributed by atoms with Crippen LogP contribution in [0.15, 0.2) is 29.1 Å². The minimum Gasteiger partial charge on any atom is -0.495 e. The lowest BCUT2D eigenvalue weighted by Gasteiger charge is -2.09. The second kappa shape index (κ2) is 5.14. The largest absolute Gasteiger partial charge is 0.495 e. The molecule has 1 heterocycles. The van der Waals surface area contributed by atoms with Crippen molar-refractivity contribution in [3.8, 4) is 17.0 Å². The summed E-state index contributed by atoms with van der Waals surface area (Å²) in [5, 5.41) is 0. The van der Waals surface area contributed by atoms with Gasteiger partial charge in [0.1, 0.15) is 11.6 Å². The number of hydrogen-bond acceptors (Lipinski definition) is 4. The van der Waals surface area contributed by atoms with Crippen molar-refractivity contribution in [2.24, 2.45) is 0 Å². The third-order valence-electron chi connectivity index (χ3n) is 2.83. The van der Waals surface area contributed by atoms with Crippen molar-refractivity contribution in [2.45, 2.75) is 19.8 Å². The zero-order chi connectivity index (χ0) is 14.0. The number of aromatic amines is 1. The van der Waals surface area contributed by atoms with Crippen LogP contribution in [0.1, 0.15) is 25.6 Å². The standard InChI is InChI=1S/C14H17N3O2/c1-8(2)14-16-11(7-13(18)17-14)9-4-5-12(19-3)10(15)6-9/h4-8H,15H2,1-3H3,(H,16,17,18). The maximum Gasteiger partial charge on any atom is 0.251 e. The summed E-state index contributed by atoms with van der Waals surface area (Å²) in [6.45, 7) is 3.95. The minimum atomic E-state index is -0.164. The first kappa shape index (κ1) is 13.1. The highest BCUT2D eigenvalue weighted by Crippen LogP contribution is 2.27. The first-order valence-corrected chi connectivity index (χ1v) is 6.06. The topological polar surface area (TPSA) is 81.0 Å². The molecular formula is C14H17N3O2. The Morgan fingerprint density at radius 2 is 2.05 bits per heavy atom. The third-order valence-corrected chi connectivity index (χ3v) is 2.83. The number of H-pyrrole nitrogens is 1. The van der Waals surface area contributed by atoms with E-state index in [0.29, 0.717) is 23.0 Å². The molecule has 1 aromatic carbocycles. The van der Waals surface area contributed by atoms with Crippen LogP contribution in [0, 0.1) is 0 Å². The highest BCUT2D eigenvalue weighted by Gasteiger charge is 2.08. The van der Waals surface area contributed by atoms with Gasteiger partial charge >= 0.3 is 0 Å². The van der Waals surface area contributed by atoms with E-state index >= 15 is 0 Å². The van der Waals surface area contributed by atoms with E-state index in [1.165, 1.54) is 6.07 Å². The van der Waals surface area contributed by atoms with Gasteiger partial charge in [0.15, 0.2) is 0 Å². The van der Waals surface area contributed by atoms with Crippen LogP contribution < -0.4 is 16.0 Å². The molecule has 0 atom stereocenters. The molecule has 2 rings (SSSR count). The number of anilines is 1. The average molecular weight is 259 g/mol. The predicted molar refractivity (Wildman–Crippen MR) is 75.3 cm³/mol. The van der Waals surface area contributed by atoms with Crippen LogP contribution in [0.25, 0.3) is 11.3 Å². The van der Waals surface area contributed by atoms with Gasteiger partial charge in [-0.1, -0.05) is 13.8 Å². The summed E-state index contributed by atoms with van der Waals surface area (Å²) >= 11 is 0. The Bertz CT molecular complexity index is 647. The SMILES string of the molecule is COc1ccc(-c2cc(=O)[nH]c(C(C)C)n2)cc1N. The maximum atomic E-state index is 11.6. The molecule has 2 aromatic rings. The fraction of sp³-hybridized carbons (Fsp3) is 0.286. The number of ether oxygens (including phenoxy) is 1. The number of hydrogen-bond donors (Lipinski definition) is 2. The van der Waals surface area contributed by atoms with Crippen molar-refractivity contribution in [3.63, 3.8) is 0 Å². The second-order valence-electron chi connectivity index (χ2n) is 4.63. The lowest BCUT2D eigenvalue weighted by molar-refractivity contribution is 0.417. The zero-order valence-corrected chi connectivity index (χ0v) is 11.2. The van der Waals surface area contributed by atoms with Crippen LogP contribution >= 0.6 is 0 Å². The number of benzene rings is 1. The molecule has 3 N–H and O–H groups in total. The van der Waals surface area contributed by atoms with E-state index in [1.54, 1.807) is 19.2 Å². The molecule has 0 aliphatic rings. The molecular weight excluding hydrogens is 242 g/mol. The van der Waals surface area contributed by atoms with Crippen molar-refractivity contribution in [1.82, 2.24) is 9.97 Å². The molecule has 19 heavy (non-hydrogen) atoms. The van der Waals surface area contributed by atoms with Gasteiger partial charge in [-0.2, -0.15) is 0 Å². The smallest absolute Gasteiger partial charge is 0.251 e. The lowest BCUT2D eigenvalue weighted by atomic mass is 10.1.